The maximum atomic E-state index is 8.73. The number of para-hydroxylation sites is 3. The van der Waals surface area contributed by atoms with E-state index >= 15 is 0 Å². The topological polar surface area (TPSA) is 8.17 Å². The van der Waals surface area contributed by atoms with Crippen LogP contribution in [0.25, 0.3) is 82.8 Å². The second-order valence-corrected chi connectivity index (χ2v) is 15.0. The van der Waals surface area contributed by atoms with Crippen LogP contribution < -0.4 is 4.90 Å². The van der Waals surface area contributed by atoms with Gasteiger partial charge in [0.05, 0.1) is 23.6 Å². The highest BCUT2D eigenvalue weighted by atomic mass is 15.1. The molecule has 0 aliphatic heterocycles. The Labute approximate surface area is 357 Å². The second kappa shape index (κ2) is 15.1. The van der Waals surface area contributed by atoms with Crippen LogP contribution in [0.1, 0.15) is 6.85 Å². The summed E-state index contributed by atoms with van der Waals surface area (Å²) in [7, 11) is 0. The van der Waals surface area contributed by atoms with E-state index in [1.807, 2.05) is 42.5 Å². The van der Waals surface area contributed by atoms with Crippen LogP contribution in [-0.4, -0.2) is 4.57 Å². The van der Waals surface area contributed by atoms with Crippen LogP contribution in [0.2, 0.25) is 0 Å². The van der Waals surface area contributed by atoms with E-state index in [0.717, 1.165) is 66.8 Å². The van der Waals surface area contributed by atoms with Gasteiger partial charge in [-0.25, -0.2) is 0 Å². The van der Waals surface area contributed by atoms with Crippen LogP contribution in [0.3, 0.4) is 0 Å². The van der Waals surface area contributed by atoms with Gasteiger partial charge >= 0.3 is 0 Å². The SMILES string of the molecule is [2H]c1c([2H])c([2H])c(-c2ccc3c4ccccc4n(-c4ccccc4-c4ccc(N(c5ccccc5)c5ccc(-c6ccc7cccc(-c8ccccc8)c7c6)cc5)cc4)c3c2)c([2H])c1[2H]. The van der Waals surface area contributed by atoms with Crippen molar-refractivity contribution < 1.29 is 6.85 Å². The van der Waals surface area contributed by atoms with Crippen molar-refractivity contribution in [3.05, 3.63) is 243 Å². The fourth-order valence-electron chi connectivity index (χ4n) is 8.63. The lowest BCUT2D eigenvalue weighted by Gasteiger charge is -2.26. The highest BCUT2D eigenvalue weighted by Gasteiger charge is 2.18. The quantitative estimate of drug-likeness (QED) is 0.149. The molecular weight excluding hydrogens is 725 g/mol. The minimum absolute atomic E-state index is 0.183. The van der Waals surface area contributed by atoms with Crippen LogP contribution >= 0.6 is 0 Å². The third-order valence-corrected chi connectivity index (χ3v) is 11.5. The van der Waals surface area contributed by atoms with Gasteiger partial charge < -0.3 is 9.47 Å². The van der Waals surface area contributed by atoms with Gasteiger partial charge in [0.1, 0.15) is 0 Å². The summed E-state index contributed by atoms with van der Waals surface area (Å²) in [5.41, 5.74) is 13.5. The van der Waals surface area contributed by atoms with Crippen molar-refractivity contribution in [1.82, 2.24) is 4.57 Å². The zero-order valence-electron chi connectivity index (χ0n) is 37.6. The predicted octanol–water partition coefficient (Wildman–Crippen LogP) is 16.1. The molecule has 0 saturated heterocycles. The van der Waals surface area contributed by atoms with Crippen molar-refractivity contribution in [3.8, 4) is 50.2 Å². The summed E-state index contributed by atoms with van der Waals surface area (Å²) in [6.07, 6.45) is 0. The minimum atomic E-state index is -0.404. The van der Waals surface area contributed by atoms with Gasteiger partial charge in [0.25, 0.3) is 0 Å². The van der Waals surface area contributed by atoms with Gasteiger partial charge in [0.15, 0.2) is 0 Å². The molecule has 282 valence electrons. The van der Waals surface area contributed by atoms with E-state index in [1.165, 1.54) is 21.9 Å². The molecule has 0 fully saturated rings. The minimum Gasteiger partial charge on any atom is -0.311 e. The highest BCUT2D eigenvalue weighted by Crippen LogP contribution is 2.41. The first-order valence-electron chi connectivity index (χ1n) is 22.7. The molecule has 0 saturated carbocycles. The van der Waals surface area contributed by atoms with Crippen LogP contribution in [0, 0.1) is 0 Å². The van der Waals surface area contributed by atoms with E-state index in [4.69, 9.17) is 6.85 Å². The second-order valence-electron chi connectivity index (χ2n) is 15.0. The fourth-order valence-corrected chi connectivity index (χ4v) is 8.63. The lowest BCUT2D eigenvalue weighted by Crippen LogP contribution is -2.09. The Morgan fingerprint density at radius 3 is 1.68 bits per heavy atom. The van der Waals surface area contributed by atoms with Gasteiger partial charge in [-0.3, -0.25) is 0 Å². The first-order valence-corrected chi connectivity index (χ1v) is 20.2. The molecule has 2 nitrogen and oxygen atoms in total. The molecule has 10 aromatic carbocycles. The molecule has 0 aliphatic rings. The molecule has 0 amide bonds. The maximum Gasteiger partial charge on any atom is 0.0629 e. The van der Waals surface area contributed by atoms with Crippen LogP contribution in [0.15, 0.2) is 243 Å². The van der Waals surface area contributed by atoms with Crippen LogP contribution in [0.5, 0.6) is 0 Å². The number of nitrogens with zero attached hydrogens (tertiary/aromatic N) is 2. The zero-order valence-corrected chi connectivity index (χ0v) is 32.6. The predicted molar refractivity (Wildman–Crippen MR) is 255 cm³/mol. The summed E-state index contributed by atoms with van der Waals surface area (Å²) in [5.74, 6) is 0. The summed E-state index contributed by atoms with van der Waals surface area (Å²) in [5, 5.41) is 4.50. The van der Waals surface area contributed by atoms with E-state index in [1.54, 1.807) is 0 Å². The first-order chi connectivity index (χ1) is 31.8. The number of benzene rings is 10. The lowest BCUT2D eigenvalue weighted by molar-refractivity contribution is 1.18. The molecule has 0 radical (unpaired) electrons. The Kier molecular flexibility index (Phi) is 7.59. The smallest absolute Gasteiger partial charge is 0.0629 e. The molecule has 0 unspecified atom stereocenters. The normalized spacial score (nSPS) is 12.5. The summed E-state index contributed by atoms with van der Waals surface area (Å²) in [6.45, 7) is 0. The Balaban J connectivity index is 0.979. The number of hydrogen-bond acceptors (Lipinski definition) is 1. The third kappa shape index (κ3) is 6.32. The number of fused-ring (bicyclic) bond motifs is 4. The average molecular weight is 770 g/mol. The number of hydrogen-bond donors (Lipinski definition) is 0. The Bertz CT molecular complexity index is 3560. The molecule has 1 aromatic heterocycles. The van der Waals surface area contributed by atoms with Gasteiger partial charge in [-0.15, -0.1) is 0 Å². The molecule has 0 aliphatic carbocycles. The van der Waals surface area contributed by atoms with Crippen LogP contribution in [-0.2, 0) is 0 Å². The van der Waals surface area contributed by atoms with Gasteiger partial charge in [-0.1, -0.05) is 182 Å². The molecule has 60 heavy (non-hydrogen) atoms. The van der Waals surface area contributed by atoms with E-state index in [9.17, 15) is 0 Å². The van der Waals surface area contributed by atoms with E-state index in [0.29, 0.717) is 5.56 Å². The van der Waals surface area contributed by atoms with E-state index in [-0.39, 0.29) is 29.7 Å². The molecular formula is C58H40N2. The third-order valence-electron chi connectivity index (χ3n) is 11.5. The molecule has 2 heteroatoms. The number of anilines is 3. The zero-order chi connectivity index (χ0) is 44.2. The van der Waals surface area contributed by atoms with Crippen molar-refractivity contribution in [1.29, 1.82) is 0 Å². The summed E-state index contributed by atoms with van der Waals surface area (Å²) in [6, 6.07) is 72.5. The summed E-state index contributed by atoms with van der Waals surface area (Å²) in [4.78, 5) is 2.28. The number of aromatic nitrogens is 1. The first kappa shape index (κ1) is 30.2. The van der Waals surface area contributed by atoms with Crippen molar-refractivity contribution in [2.24, 2.45) is 0 Å². The van der Waals surface area contributed by atoms with Crippen molar-refractivity contribution in [2.75, 3.05) is 4.90 Å². The highest BCUT2D eigenvalue weighted by molar-refractivity contribution is 6.11. The van der Waals surface area contributed by atoms with E-state index in [2.05, 4.69) is 179 Å². The monoisotopic (exact) mass is 769 g/mol. The largest absolute Gasteiger partial charge is 0.311 e. The Morgan fingerprint density at radius 1 is 0.333 bits per heavy atom. The summed E-state index contributed by atoms with van der Waals surface area (Å²) < 4.78 is 44.5. The van der Waals surface area contributed by atoms with Gasteiger partial charge in [0, 0.05) is 33.4 Å². The molecule has 0 spiro atoms. The number of rotatable bonds is 8. The Hall–Kier alpha value is -7.94. The van der Waals surface area contributed by atoms with Gasteiger partial charge in [0.2, 0.25) is 0 Å². The lowest BCUT2D eigenvalue weighted by atomic mass is 9.95. The molecule has 0 N–H and O–H groups in total. The molecule has 0 atom stereocenters. The van der Waals surface area contributed by atoms with Gasteiger partial charge in [-0.05, 0) is 110 Å². The van der Waals surface area contributed by atoms with Crippen molar-refractivity contribution >= 4 is 49.6 Å². The molecule has 11 rings (SSSR count). The van der Waals surface area contributed by atoms with Gasteiger partial charge in [-0.2, -0.15) is 0 Å². The molecule has 0 bridgehead atoms. The molecule has 11 aromatic rings. The summed E-state index contributed by atoms with van der Waals surface area (Å²) >= 11 is 0. The van der Waals surface area contributed by atoms with Crippen molar-refractivity contribution in [3.63, 3.8) is 0 Å². The molecule has 1 heterocycles. The maximum absolute atomic E-state index is 8.73. The van der Waals surface area contributed by atoms with E-state index < -0.39 is 6.04 Å². The average Bonchev–Trinajstić information content (AvgIpc) is 3.69. The van der Waals surface area contributed by atoms with Crippen LogP contribution in [0.4, 0.5) is 17.1 Å². The Morgan fingerprint density at radius 2 is 0.900 bits per heavy atom. The fraction of sp³-hybridized carbons (Fsp3) is 0. The standard InChI is InChI=1S/C58H40N2/c1-4-15-41(16-5-1)47-33-38-54-53-23-11-13-26-57(53)60(58(54)40-47)56-25-12-10-22-52(56)45-31-36-50(37-32-45)59(48-20-8-3-9-21-48)49-34-29-42(30-35-49)46-28-27-44-19-14-24-51(55(44)39-46)43-17-6-2-7-18-43/h1-40H/i1D,4D,5D,15D,16D. The van der Waals surface area contributed by atoms with Crippen molar-refractivity contribution in [2.45, 2.75) is 0 Å².